The summed E-state index contributed by atoms with van der Waals surface area (Å²) in [6, 6.07) is 5.76. The van der Waals surface area contributed by atoms with Crippen molar-refractivity contribution in [1.29, 1.82) is 0 Å². The summed E-state index contributed by atoms with van der Waals surface area (Å²) in [5.74, 6) is 1.60. The van der Waals surface area contributed by atoms with Crippen LogP contribution < -0.4 is 9.16 Å². The molecule has 1 heterocycles. The van der Waals surface area contributed by atoms with Gasteiger partial charge in [-0.05, 0) is 24.2 Å². The minimum Gasteiger partial charge on any atom is -0.783 e. The van der Waals surface area contributed by atoms with Gasteiger partial charge < -0.3 is 19.4 Å². The molecule has 0 aromatic heterocycles. The first-order valence-corrected chi connectivity index (χ1v) is 9.47. The van der Waals surface area contributed by atoms with Crippen molar-refractivity contribution in [2.45, 2.75) is 45.4 Å². The van der Waals surface area contributed by atoms with Crippen molar-refractivity contribution in [3.8, 4) is 11.5 Å². The Hall–Kier alpha value is -1.04. The molecule has 5 heteroatoms. The fraction of sp³-hybridized carbons (Fsp3) is 0.571. The van der Waals surface area contributed by atoms with E-state index < -0.39 is 8.32 Å². The van der Waals surface area contributed by atoms with Crippen LogP contribution in [0.4, 0.5) is 0 Å². The van der Waals surface area contributed by atoms with Gasteiger partial charge in [0.25, 0.3) is 0 Å². The average Bonchev–Trinajstić information content (AvgIpc) is 2.27. The van der Waals surface area contributed by atoms with Gasteiger partial charge >= 0.3 is 0 Å². The van der Waals surface area contributed by atoms with Crippen molar-refractivity contribution in [1.82, 2.24) is 5.06 Å². The van der Waals surface area contributed by atoms with Gasteiger partial charge in [0.15, 0.2) is 0 Å². The lowest BCUT2D eigenvalue weighted by atomic mass is 10.2. The second-order valence-electron chi connectivity index (χ2n) is 6.55. The van der Waals surface area contributed by atoms with Gasteiger partial charge in [-0.15, -0.1) is 0 Å². The van der Waals surface area contributed by atoms with E-state index in [4.69, 9.17) is 9.16 Å². The smallest absolute Gasteiger partial charge is 0.250 e. The average molecular weight is 280 g/mol. The zero-order valence-corrected chi connectivity index (χ0v) is 13.3. The maximum absolute atomic E-state index is 11.2. The van der Waals surface area contributed by atoms with Crippen molar-refractivity contribution >= 4 is 8.32 Å². The van der Waals surface area contributed by atoms with Crippen molar-refractivity contribution in [3.63, 3.8) is 0 Å². The van der Waals surface area contributed by atoms with Crippen molar-refractivity contribution < 1.29 is 9.16 Å². The minimum atomic E-state index is -1.83. The van der Waals surface area contributed by atoms with Crippen LogP contribution in [-0.4, -0.2) is 20.1 Å². The van der Waals surface area contributed by atoms with E-state index in [1.54, 1.807) is 0 Å². The predicted molar refractivity (Wildman–Crippen MR) is 78.7 cm³/mol. The number of hydrogen-bond acceptors (Lipinski definition) is 4. The van der Waals surface area contributed by atoms with Gasteiger partial charge in [0, 0.05) is 18.2 Å². The Balaban J connectivity index is 2.20. The molecule has 0 bridgehead atoms. The van der Waals surface area contributed by atoms with Crippen molar-refractivity contribution in [2.24, 2.45) is 0 Å². The molecule has 0 N–H and O–H groups in total. The van der Waals surface area contributed by atoms with Gasteiger partial charge in [-0.1, -0.05) is 26.8 Å². The Bertz CT molecular complexity index is 468. The van der Waals surface area contributed by atoms with Crippen molar-refractivity contribution in [3.05, 3.63) is 29.0 Å². The largest absolute Gasteiger partial charge is 0.783 e. The molecule has 0 unspecified atom stereocenters. The standard InChI is InChI=1S/C14H22NO3Si/c1-14(2,3)19(4,5)18-12-7-6-11-9-15(16)10-17-13(11)8-12/h6-8H,9-10H2,1-5H3/q-1. The van der Waals surface area contributed by atoms with Crippen LogP contribution in [0.15, 0.2) is 18.2 Å². The highest BCUT2D eigenvalue weighted by atomic mass is 28.4. The van der Waals surface area contributed by atoms with Crippen LogP contribution in [0.1, 0.15) is 26.3 Å². The molecule has 0 fully saturated rings. The normalized spacial score (nSPS) is 16.7. The summed E-state index contributed by atoms with van der Waals surface area (Å²) in [6.07, 6.45) is 0. The lowest BCUT2D eigenvalue weighted by Crippen LogP contribution is -2.43. The molecule has 0 amide bonds. The first-order valence-electron chi connectivity index (χ1n) is 6.56. The highest BCUT2D eigenvalue weighted by Crippen LogP contribution is 2.38. The SMILES string of the molecule is CC(C)(C)[Si](C)(C)Oc1ccc2c(c1)OCN([O-])C2. The number of rotatable bonds is 2. The molecule has 0 atom stereocenters. The van der Waals surface area contributed by atoms with Crippen LogP contribution in [0.3, 0.4) is 0 Å². The molecule has 0 radical (unpaired) electrons. The number of hydrogen-bond donors (Lipinski definition) is 0. The number of benzene rings is 1. The van der Waals surface area contributed by atoms with Gasteiger partial charge in [-0.2, -0.15) is 0 Å². The summed E-state index contributed by atoms with van der Waals surface area (Å²) < 4.78 is 11.7. The fourth-order valence-corrected chi connectivity index (χ4v) is 2.71. The summed E-state index contributed by atoms with van der Waals surface area (Å²) in [5, 5.41) is 12.3. The maximum atomic E-state index is 11.2. The van der Waals surface area contributed by atoms with E-state index in [1.807, 2.05) is 18.2 Å². The van der Waals surface area contributed by atoms with E-state index in [0.717, 1.165) is 22.1 Å². The summed E-state index contributed by atoms with van der Waals surface area (Å²) in [4.78, 5) is 0. The molecule has 1 aliphatic heterocycles. The topological polar surface area (TPSA) is 44.8 Å². The maximum Gasteiger partial charge on any atom is 0.250 e. The van der Waals surface area contributed by atoms with Crippen molar-refractivity contribution in [2.75, 3.05) is 6.73 Å². The first-order chi connectivity index (χ1) is 8.69. The van der Waals surface area contributed by atoms with Gasteiger partial charge in [-0.3, -0.25) is 0 Å². The van der Waals surface area contributed by atoms with E-state index >= 15 is 0 Å². The molecule has 4 nitrogen and oxygen atoms in total. The van der Waals surface area contributed by atoms with Crippen LogP contribution in [0.25, 0.3) is 0 Å². The highest BCUT2D eigenvalue weighted by Gasteiger charge is 2.39. The van der Waals surface area contributed by atoms with Crippen LogP contribution in [0, 0.1) is 5.21 Å². The summed E-state index contributed by atoms with van der Waals surface area (Å²) in [6.45, 7) is 11.5. The fourth-order valence-electron chi connectivity index (χ4n) is 1.69. The van der Waals surface area contributed by atoms with Gasteiger partial charge in [-0.25, -0.2) is 0 Å². The lowest BCUT2D eigenvalue weighted by Gasteiger charge is -2.37. The summed E-state index contributed by atoms with van der Waals surface area (Å²) >= 11 is 0. The Labute approximate surface area is 116 Å². The zero-order chi connectivity index (χ0) is 14.3. The van der Waals surface area contributed by atoms with E-state index in [1.165, 1.54) is 0 Å². The van der Waals surface area contributed by atoms with Crippen LogP contribution in [0.5, 0.6) is 11.5 Å². The number of fused-ring (bicyclic) bond motifs is 1. The zero-order valence-electron chi connectivity index (χ0n) is 12.3. The lowest BCUT2D eigenvalue weighted by molar-refractivity contribution is 0.141. The van der Waals surface area contributed by atoms with Crippen LogP contribution in [0.2, 0.25) is 18.1 Å². The second kappa shape index (κ2) is 4.81. The molecule has 0 saturated carbocycles. The van der Waals surface area contributed by atoms with E-state index in [0.29, 0.717) is 6.54 Å². The van der Waals surface area contributed by atoms with Crippen LogP contribution in [-0.2, 0) is 6.54 Å². The number of hydroxylamine groups is 2. The van der Waals surface area contributed by atoms with E-state index in [9.17, 15) is 5.21 Å². The monoisotopic (exact) mass is 280 g/mol. The molecule has 106 valence electrons. The Morgan fingerprint density at radius 2 is 2.00 bits per heavy atom. The number of nitrogens with zero attached hydrogens (tertiary/aromatic N) is 1. The molecule has 0 spiro atoms. The highest BCUT2D eigenvalue weighted by molar-refractivity contribution is 6.74. The molecular weight excluding hydrogens is 258 g/mol. The third-order valence-electron chi connectivity index (χ3n) is 3.93. The Morgan fingerprint density at radius 3 is 2.63 bits per heavy atom. The molecule has 2 rings (SSSR count). The van der Waals surface area contributed by atoms with E-state index in [2.05, 4.69) is 33.9 Å². The summed E-state index contributed by atoms with van der Waals surface area (Å²) in [7, 11) is -1.83. The van der Waals surface area contributed by atoms with Gasteiger partial charge in [0.05, 0.1) is 0 Å². The third kappa shape index (κ3) is 3.10. The quantitative estimate of drug-likeness (QED) is 0.774. The molecule has 0 saturated heterocycles. The first kappa shape index (κ1) is 14.4. The molecule has 0 aliphatic carbocycles. The Morgan fingerprint density at radius 1 is 1.32 bits per heavy atom. The van der Waals surface area contributed by atoms with Crippen LogP contribution >= 0.6 is 0 Å². The Kier molecular flexibility index (Phi) is 3.64. The third-order valence-corrected chi connectivity index (χ3v) is 8.29. The minimum absolute atomic E-state index is 0.0938. The molecule has 1 aromatic rings. The molecule has 1 aliphatic rings. The second-order valence-corrected chi connectivity index (χ2v) is 11.3. The van der Waals surface area contributed by atoms with Gasteiger partial charge in [0.1, 0.15) is 18.2 Å². The molecule has 1 aromatic carbocycles. The number of ether oxygens (including phenoxy) is 1. The van der Waals surface area contributed by atoms with E-state index in [-0.39, 0.29) is 11.8 Å². The summed E-state index contributed by atoms with van der Waals surface area (Å²) in [5.41, 5.74) is 0.920. The molecular formula is C14H22NO3Si-. The molecule has 19 heavy (non-hydrogen) atoms. The predicted octanol–water partition coefficient (Wildman–Crippen LogP) is 3.72. The van der Waals surface area contributed by atoms with Gasteiger partial charge in [0.2, 0.25) is 8.32 Å².